The topological polar surface area (TPSA) is 0 Å². The Bertz CT molecular complexity index is 799. The average molecular weight is 449 g/mol. The van der Waals surface area contributed by atoms with Gasteiger partial charge in [-0.2, -0.15) is 6.08 Å². The number of fused-ring (bicyclic) bond motifs is 3. The molecule has 0 radical (unpaired) electrons. The minimum Gasteiger partial charge on any atom is -1.00 e. The Labute approximate surface area is 178 Å². The van der Waals surface area contributed by atoms with Gasteiger partial charge in [0.25, 0.3) is 0 Å². The Morgan fingerprint density at radius 2 is 1.36 bits per heavy atom. The fraction of sp³-hybridized carbons (Fsp3) is 0.182. The maximum absolute atomic E-state index is 3.05. The molecule has 1 aliphatic carbocycles. The van der Waals surface area contributed by atoms with Crippen LogP contribution in [0.4, 0.5) is 0 Å². The Hall–Kier alpha value is -0.877. The van der Waals surface area contributed by atoms with E-state index in [9.17, 15) is 0 Å². The van der Waals surface area contributed by atoms with Crippen LogP contribution in [0, 0.1) is 6.08 Å². The Morgan fingerprint density at radius 1 is 0.920 bits per heavy atom. The molecule has 0 spiro atoms. The molecule has 0 saturated heterocycles. The number of benzene rings is 2. The molecule has 0 bridgehead atoms. The van der Waals surface area contributed by atoms with Crippen LogP contribution in [0.5, 0.6) is 0 Å². The van der Waals surface area contributed by atoms with Gasteiger partial charge in [0.05, 0.1) is 0 Å². The summed E-state index contributed by atoms with van der Waals surface area (Å²) in [6.45, 7) is 6.33. The third-order valence-electron chi connectivity index (χ3n) is 3.39. The third kappa shape index (κ3) is 7.91. The number of rotatable bonds is 0. The van der Waals surface area contributed by atoms with Gasteiger partial charge in [0, 0.05) is 0 Å². The maximum atomic E-state index is 3.05. The van der Waals surface area contributed by atoms with Gasteiger partial charge in [-0.1, -0.05) is 36.4 Å². The second-order valence-corrected chi connectivity index (χ2v) is 8.28. The number of hydrogen-bond donors (Lipinski definition) is 0. The van der Waals surface area contributed by atoms with Crippen LogP contribution in [-0.4, -0.2) is 3.21 Å². The molecule has 3 heteroatoms. The van der Waals surface area contributed by atoms with E-state index in [0.717, 1.165) is 6.42 Å². The minimum atomic E-state index is 0. The van der Waals surface area contributed by atoms with Crippen LogP contribution < -0.4 is 24.8 Å². The van der Waals surface area contributed by atoms with Crippen molar-refractivity contribution < 1.29 is 49.0 Å². The van der Waals surface area contributed by atoms with E-state index in [4.69, 9.17) is 0 Å². The zero-order valence-electron chi connectivity index (χ0n) is 14.8. The summed E-state index contributed by atoms with van der Waals surface area (Å²) >= 11 is 1.55. The Morgan fingerprint density at radius 3 is 1.68 bits per heavy atom. The summed E-state index contributed by atoms with van der Waals surface area (Å²) in [5.74, 6) is 0. The SMILES string of the molecule is CC1=CC[C-]=C1.C[C](C)=[Zr+2].[Cl-].[Cl-].c1ccc2c(c1)[cH-]c1ccccc12. The van der Waals surface area contributed by atoms with Crippen molar-refractivity contribution >= 4 is 24.8 Å². The van der Waals surface area contributed by atoms with Crippen LogP contribution in [0.3, 0.4) is 0 Å². The van der Waals surface area contributed by atoms with Crippen LogP contribution in [0.1, 0.15) is 27.2 Å². The van der Waals surface area contributed by atoms with Crippen molar-refractivity contribution in [2.45, 2.75) is 27.2 Å². The molecule has 0 unspecified atom stereocenters. The Kier molecular flexibility index (Phi) is 12.0. The van der Waals surface area contributed by atoms with Gasteiger partial charge in [-0.05, 0) is 0 Å². The number of allylic oxidation sites excluding steroid dienone is 4. The molecule has 0 aliphatic heterocycles. The molecule has 0 amide bonds. The van der Waals surface area contributed by atoms with Crippen molar-refractivity contribution in [1.82, 2.24) is 0 Å². The molecule has 4 rings (SSSR count). The normalized spacial score (nSPS) is 11.3. The molecule has 0 heterocycles. The molecule has 3 aromatic carbocycles. The summed E-state index contributed by atoms with van der Waals surface area (Å²) in [5, 5.41) is 5.39. The minimum absolute atomic E-state index is 0. The van der Waals surface area contributed by atoms with Crippen molar-refractivity contribution in [3.05, 3.63) is 78.4 Å². The molecule has 0 fully saturated rings. The quantitative estimate of drug-likeness (QED) is 0.430. The maximum Gasteiger partial charge on any atom is -0.0771 e. The van der Waals surface area contributed by atoms with Crippen molar-refractivity contribution in [3.63, 3.8) is 0 Å². The standard InChI is InChI=1S/C13H9.C6H7.C3H6.2ClH.Zr/c1-3-7-12-10(5-1)9-11-6-2-4-8-13(11)12;1-6-4-2-3-5-6;1-3-2;;;/h1-9H;4-5H,2H2,1H3;1-2H3;2*1H;/q2*-1;;;;+2/p-2. The first kappa shape index (κ1) is 24.1. The van der Waals surface area contributed by atoms with Gasteiger partial charge in [0.2, 0.25) is 0 Å². The van der Waals surface area contributed by atoms with Crippen LogP contribution in [0.2, 0.25) is 0 Å². The fourth-order valence-electron chi connectivity index (χ4n) is 2.40. The molecule has 0 N–H and O–H groups in total. The van der Waals surface area contributed by atoms with E-state index in [1.54, 1.807) is 24.2 Å². The average Bonchev–Trinajstić information content (AvgIpc) is 3.13. The van der Waals surface area contributed by atoms with Crippen LogP contribution >= 0.6 is 0 Å². The van der Waals surface area contributed by atoms with E-state index in [0.29, 0.717) is 0 Å². The molecule has 1 aliphatic rings. The third-order valence-corrected chi connectivity index (χ3v) is 3.39. The van der Waals surface area contributed by atoms with Gasteiger partial charge >= 0.3 is 41.3 Å². The predicted molar refractivity (Wildman–Crippen MR) is 99.6 cm³/mol. The second-order valence-electron chi connectivity index (χ2n) is 5.82. The molecule has 0 nitrogen and oxygen atoms in total. The molecule has 0 atom stereocenters. The first-order valence-electron chi connectivity index (χ1n) is 7.86. The van der Waals surface area contributed by atoms with Gasteiger partial charge in [0.15, 0.2) is 0 Å². The molecule has 25 heavy (non-hydrogen) atoms. The molecule has 130 valence electrons. The summed E-state index contributed by atoms with van der Waals surface area (Å²) < 4.78 is 1.51. The molecular weight excluding hydrogens is 426 g/mol. The summed E-state index contributed by atoms with van der Waals surface area (Å²) in [6, 6.07) is 19.3. The molecular formula is C22H22Cl2Zr-2. The Balaban J connectivity index is 0.000000410. The molecule has 3 aromatic rings. The monoisotopic (exact) mass is 446 g/mol. The first-order chi connectivity index (χ1) is 11.1. The zero-order valence-corrected chi connectivity index (χ0v) is 18.8. The van der Waals surface area contributed by atoms with Crippen molar-refractivity contribution in [1.29, 1.82) is 0 Å². The second kappa shape index (κ2) is 12.5. The van der Waals surface area contributed by atoms with E-state index in [1.165, 1.54) is 30.3 Å². The zero-order chi connectivity index (χ0) is 16.7. The molecule has 0 aromatic heterocycles. The van der Waals surface area contributed by atoms with Gasteiger partial charge in [-0.3, -0.25) is 6.08 Å². The van der Waals surface area contributed by atoms with E-state index >= 15 is 0 Å². The van der Waals surface area contributed by atoms with Gasteiger partial charge in [-0.15, -0.1) is 53.1 Å². The summed E-state index contributed by atoms with van der Waals surface area (Å²) in [6.07, 6.45) is 8.24. The smallest absolute Gasteiger partial charge is 0.0771 e. The van der Waals surface area contributed by atoms with E-state index in [2.05, 4.69) is 87.5 Å². The van der Waals surface area contributed by atoms with Crippen LogP contribution in [-0.2, 0) is 24.2 Å². The van der Waals surface area contributed by atoms with Crippen molar-refractivity contribution in [3.8, 4) is 0 Å². The predicted octanol–water partition coefficient (Wildman–Crippen LogP) is 0.161. The van der Waals surface area contributed by atoms with Crippen molar-refractivity contribution in [2.24, 2.45) is 0 Å². The van der Waals surface area contributed by atoms with Gasteiger partial charge in [-0.25, -0.2) is 11.6 Å². The summed E-state index contributed by atoms with van der Waals surface area (Å²) in [4.78, 5) is 0. The number of hydrogen-bond acceptors (Lipinski definition) is 0. The fourth-order valence-corrected chi connectivity index (χ4v) is 2.40. The molecule has 0 saturated carbocycles. The summed E-state index contributed by atoms with van der Waals surface area (Å²) in [7, 11) is 0. The van der Waals surface area contributed by atoms with E-state index < -0.39 is 0 Å². The number of halogens is 2. The largest absolute Gasteiger partial charge is 1.00 e. The van der Waals surface area contributed by atoms with Gasteiger partial charge < -0.3 is 24.8 Å². The van der Waals surface area contributed by atoms with Crippen molar-refractivity contribution in [2.75, 3.05) is 0 Å². The summed E-state index contributed by atoms with van der Waals surface area (Å²) in [5.41, 5.74) is 1.34. The van der Waals surface area contributed by atoms with E-state index in [-0.39, 0.29) is 24.8 Å². The van der Waals surface area contributed by atoms with Crippen LogP contribution in [0.25, 0.3) is 21.5 Å². The van der Waals surface area contributed by atoms with Crippen LogP contribution in [0.15, 0.2) is 72.3 Å². The van der Waals surface area contributed by atoms with Gasteiger partial charge in [0.1, 0.15) is 0 Å². The van der Waals surface area contributed by atoms with E-state index in [1.807, 2.05) is 6.08 Å². The first-order valence-corrected chi connectivity index (χ1v) is 9.09.